The highest BCUT2D eigenvalue weighted by molar-refractivity contribution is 5.85. The van der Waals surface area contributed by atoms with Gasteiger partial charge in [-0.05, 0) is 68.1 Å². The average Bonchev–Trinajstić information content (AvgIpc) is 3.14. The number of fused-ring (bicyclic) bond motifs is 1. The van der Waals surface area contributed by atoms with E-state index in [2.05, 4.69) is 4.85 Å². The van der Waals surface area contributed by atoms with Crippen molar-refractivity contribution in [3.05, 3.63) is 11.4 Å². The molecule has 6 fully saturated rings. The van der Waals surface area contributed by atoms with Crippen molar-refractivity contribution in [2.75, 3.05) is 0 Å². The van der Waals surface area contributed by atoms with Crippen molar-refractivity contribution in [2.45, 2.75) is 82.6 Å². The van der Waals surface area contributed by atoms with Gasteiger partial charge in [0, 0.05) is 12.5 Å². The van der Waals surface area contributed by atoms with Crippen LogP contribution in [0.5, 0.6) is 0 Å². The van der Waals surface area contributed by atoms with Crippen molar-refractivity contribution in [1.82, 2.24) is 4.90 Å². The van der Waals surface area contributed by atoms with Crippen LogP contribution in [0.15, 0.2) is 0 Å². The Hall–Kier alpha value is -0.830. The number of likely N-dealkylation sites (tertiary alicyclic amines) is 1. The Morgan fingerprint density at radius 1 is 1.20 bits per heavy atom. The standard InChI is InChI=1S/C18H25N3O2.CH4.ClH/c1-20-14-4-12-3-13(12)21(14)16(22)15(19)17-5-10-2-11(6-17)8-18(23,7-10)9-17;;/h10-15,23H,2-9,19H2;1H4;1H/t10?,11?,12-,13-,14-,15+,17?,18?;;/m0../s1. The number of rotatable bonds is 2. The second-order valence-corrected chi connectivity index (χ2v) is 9.18. The Labute approximate surface area is 156 Å². The molecule has 1 amide bonds. The molecule has 5 aliphatic carbocycles. The molecular formula is C19H30ClN3O2. The maximum Gasteiger partial charge on any atom is 0.301 e. The van der Waals surface area contributed by atoms with Crippen molar-refractivity contribution in [3.8, 4) is 0 Å². The monoisotopic (exact) mass is 367 g/mol. The largest absolute Gasteiger partial charge is 0.390 e. The Bertz CT molecular complexity index is 604. The summed E-state index contributed by atoms with van der Waals surface area (Å²) < 4.78 is 0. The van der Waals surface area contributed by atoms with E-state index in [4.69, 9.17) is 12.3 Å². The summed E-state index contributed by atoms with van der Waals surface area (Å²) in [6, 6.07) is -0.270. The molecule has 1 aliphatic heterocycles. The van der Waals surface area contributed by atoms with Crippen molar-refractivity contribution < 1.29 is 9.90 Å². The Morgan fingerprint density at radius 2 is 1.84 bits per heavy atom. The molecule has 140 valence electrons. The highest BCUT2D eigenvalue weighted by Gasteiger charge is 2.63. The summed E-state index contributed by atoms with van der Waals surface area (Å²) in [6.45, 7) is 7.38. The molecule has 0 aromatic carbocycles. The normalized spacial score (nSPS) is 49.5. The van der Waals surface area contributed by atoms with E-state index in [0.717, 1.165) is 38.5 Å². The number of amides is 1. The molecule has 0 spiro atoms. The molecule has 1 heterocycles. The van der Waals surface area contributed by atoms with E-state index in [0.29, 0.717) is 24.2 Å². The number of piperidine rings is 1. The van der Waals surface area contributed by atoms with Crippen LogP contribution in [0.2, 0.25) is 0 Å². The molecular weight excluding hydrogens is 338 g/mol. The van der Waals surface area contributed by atoms with Gasteiger partial charge in [-0.3, -0.25) is 14.5 Å². The lowest BCUT2D eigenvalue weighted by Crippen LogP contribution is -2.64. The molecule has 5 nitrogen and oxygen atoms in total. The van der Waals surface area contributed by atoms with E-state index in [1.807, 2.05) is 4.90 Å². The van der Waals surface area contributed by atoms with Gasteiger partial charge in [0.2, 0.25) is 5.91 Å². The fraction of sp³-hybridized carbons (Fsp3) is 0.895. The molecule has 2 unspecified atom stereocenters. The van der Waals surface area contributed by atoms with Crippen LogP contribution < -0.4 is 5.73 Å². The number of hydrogen-bond acceptors (Lipinski definition) is 3. The maximum absolute atomic E-state index is 13.1. The minimum absolute atomic E-state index is 0. The third-order valence-electron chi connectivity index (χ3n) is 7.48. The SMILES string of the molecule is C.Cl.[C-]#[N+][C@@H]1C[C@@H]2C[C@@H]2N1C(=O)[C@@H](N)C12CC3CC(CC(O)(C3)C1)C2. The van der Waals surface area contributed by atoms with Gasteiger partial charge in [-0.2, -0.15) is 0 Å². The molecule has 0 aromatic rings. The van der Waals surface area contributed by atoms with Crippen LogP contribution in [0.1, 0.15) is 58.8 Å². The third-order valence-corrected chi connectivity index (χ3v) is 7.48. The minimum atomic E-state index is -0.589. The number of aliphatic hydroxyl groups is 1. The molecule has 25 heavy (non-hydrogen) atoms. The van der Waals surface area contributed by atoms with E-state index < -0.39 is 11.6 Å². The minimum Gasteiger partial charge on any atom is -0.390 e. The van der Waals surface area contributed by atoms with E-state index in [1.54, 1.807) is 0 Å². The highest BCUT2D eigenvalue weighted by atomic mass is 35.5. The summed E-state index contributed by atoms with van der Waals surface area (Å²) in [4.78, 5) is 18.6. The lowest BCUT2D eigenvalue weighted by molar-refractivity contribution is -0.177. The molecule has 5 saturated carbocycles. The second-order valence-electron chi connectivity index (χ2n) is 9.18. The fourth-order valence-corrected chi connectivity index (χ4v) is 6.93. The van der Waals surface area contributed by atoms with Crippen molar-refractivity contribution in [1.29, 1.82) is 0 Å². The van der Waals surface area contributed by atoms with E-state index >= 15 is 0 Å². The summed E-state index contributed by atoms with van der Waals surface area (Å²) in [5, 5.41) is 10.9. The molecule has 6 heteroatoms. The van der Waals surface area contributed by atoms with E-state index in [-0.39, 0.29) is 43.4 Å². The van der Waals surface area contributed by atoms with Crippen LogP contribution in [0.4, 0.5) is 0 Å². The molecule has 0 radical (unpaired) electrons. The van der Waals surface area contributed by atoms with Gasteiger partial charge in [0.05, 0.1) is 11.6 Å². The van der Waals surface area contributed by atoms with Gasteiger partial charge in [0.25, 0.3) is 0 Å². The number of halogens is 1. The first-order valence-electron chi connectivity index (χ1n) is 9.10. The van der Waals surface area contributed by atoms with Crippen LogP contribution in [0.25, 0.3) is 4.85 Å². The van der Waals surface area contributed by atoms with Gasteiger partial charge in [0.15, 0.2) is 0 Å². The van der Waals surface area contributed by atoms with Crippen LogP contribution in [0, 0.1) is 29.7 Å². The van der Waals surface area contributed by atoms with Crippen LogP contribution >= 0.6 is 12.4 Å². The molecule has 3 N–H and O–H groups in total. The summed E-state index contributed by atoms with van der Waals surface area (Å²) >= 11 is 0. The number of carbonyl (C=O) groups excluding carboxylic acids is 1. The maximum atomic E-state index is 13.1. The summed E-state index contributed by atoms with van der Waals surface area (Å²) in [5.74, 6) is 1.58. The predicted octanol–water partition coefficient (Wildman–Crippen LogP) is 2.57. The first-order valence-corrected chi connectivity index (χ1v) is 9.10. The van der Waals surface area contributed by atoms with Gasteiger partial charge < -0.3 is 10.8 Å². The van der Waals surface area contributed by atoms with E-state index in [1.165, 1.54) is 6.42 Å². The molecule has 4 bridgehead atoms. The first-order chi connectivity index (χ1) is 10.9. The Balaban J connectivity index is 0.000000911. The number of carbonyl (C=O) groups is 1. The topological polar surface area (TPSA) is 70.9 Å². The average molecular weight is 368 g/mol. The fourth-order valence-electron chi connectivity index (χ4n) is 6.93. The van der Waals surface area contributed by atoms with Gasteiger partial charge in [0.1, 0.15) is 0 Å². The second kappa shape index (κ2) is 5.84. The van der Waals surface area contributed by atoms with Crippen molar-refractivity contribution in [3.63, 3.8) is 0 Å². The molecule has 6 aliphatic rings. The molecule has 1 saturated heterocycles. The summed E-state index contributed by atoms with van der Waals surface area (Å²) in [6.07, 6.45) is 7.23. The number of nitrogens with zero attached hydrogens (tertiary/aromatic N) is 2. The van der Waals surface area contributed by atoms with Gasteiger partial charge in [-0.15, -0.1) is 12.4 Å². The zero-order valence-corrected chi connectivity index (χ0v) is 14.7. The van der Waals surface area contributed by atoms with Gasteiger partial charge >= 0.3 is 6.17 Å². The Kier molecular flexibility index (Phi) is 4.42. The highest BCUT2D eigenvalue weighted by Crippen LogP contribution is 2.63. The van der Waals surface area contributed by atoms with Gasteiger partial charge in [-0.1, -0.05) is 7.43 Å². The smallest absolute Gasteiger partial charge is 0.301 e. The quantitative estimate of drug-likeness (QED) is 0.737. The van der Waals surface area contributed by atoms with Crippen molar-refractivity contribution in [2.24, 2.45) is 28.9 Å². The van der Waals surface area contributed by atoms with Crippen LogP contribution in [-0.4, -0.2) is 39.8 Å². The third kappa shape index (κ3) is 2.60. The molecule has 6 rings (SSSR count). The number of hydrogen-bond donors (Lipinski definition) is 2. The predicted molar refractivity (Wildman–Crippen MR) is 97.8 cm³/mol. The summed E-state index contributed by atoms with van der Waals surface area (Å²) in [5.41, 5.74) is 5.73. The number of nitrogens with two attached hydrogens (primary N) is 1. The zero-order chi connectivity index (χ0) is 16.0. The summed E-state index contributed by atoms with van der Waals surface area (Å²) in [7, 11) is 0. The van der Waals surface area contributed by atoms with Crippen LogP contribution in [-0.2, 0) is 4.79 Å². The van der Waals surface area contributed by atoms with Crippen LogP contribution in [0.3, 0.4) is 0 Å². The first kappa shape index (κ1) is 18.9. The zero-order valence-electron chi connectivity index (χ0n) is 13.9. The Morgan fingerprint density at radius 3 is 2.40 bits per heavy atom. The van der Waals surface area contributed by atoms with Gasteiger partial charge in [-0.25, -0.2) is 6.57 Å². The lowest BCUT2D eigenvalue weighted by atomic mass is 9.46. The molecule has 6 atom stereocenters. The van der Waals surface area contributed by atoms with E-state index in [9.17, 15) is 9.90 Å². The molecule has 0 aromatic heterocycles. The lowest BCUT2D eigenvalue weighted by Gasteiger charge is -2.61. The van der Waals surface area contributed by atoms with Crippen molar-refractivity contribution >= 4 is 18.3 Å².